The van der Waals surface area contributed by atoms with Crippen LogP contribution in [0.3, 0.4) is 0 Å². The second kappa shape index (κ2) is 12.2. The maximum Gasteiger partial charge on any atom is 0.0555 e. The molecule has 240 valence electrons. The molecule has 0 aliphatic carbocycles. The van der Waals surface area contributed by atoms with Gasteiger partial charge in [-0.3, -0.25) is 0 Å². The normalized spacial score (nSPS) is 11.5. The Balaban J connectivity index is 1.08. The summed E-state index contributed by atoms with van der Waals surface area (Å²) in [6.07, 6.45) is 0. The van der Waals surface area contributed by atoms with Crippen molar-refractivity contribution in [3.63, 3.8) is 0 Å². The zero-order valence-corrected chi connectivity index (χ0v) is 28.6. The Hall–Kier alpha value is -6.42. The van der Waals surface area contributed by atoms with E-state index in [1.807, 2.05) is 11.3 Å². The summed E-state index contributed by atoms with van der Waals surface area (Å²) in [5.74, 6) is 0. The number of aromatic nitrogens is 1. The summed E-state index contributed by atoms with van der Waals surface area (Å²) >= 11 is 1.90. The van der Waals surface area contributed by atoms with E-state index in [1.54, 1.807) is 0 Å². The van der Waals surface area contributed by atoms with E-state index in [2.05, 4.69) is 204 Å². The van der Waals surface area contributed by atoms with E-state index in [-0.39, 0.29) is 0 Å². The molecule has 0 bridgehead atoms. The van der Waals surface area contributed by atoms with Crippen LogP contribution in [0.15, 0.2) is 194 Å². The van der Waals surface area contributed by atoms with Gasteiger partial charge >= 0.3 is 0 Å². The summed E-state index contributed by atoms with van der Waals surface area (Å²) in [7, 11) is 0. The zero-order chi connectivity index (χ0) is 33.7. The van der Waals surface area contributed by atoms with Gasteiger partial charge in [0.1, 0.15) is 0 Å². The number of fused-ring (bicyclic) bond motifs is 7. The highest BCUT2D eigenvalue weighted by Gasteiger charge is 2.19. The molecule has 8 aromatic carbocycles. The second-order valence-electron chi connectivity index (χ2n) is 13.0. The lowest BCUT2D eigenvalue weighted by Crippen LogP contribution is -2.09. The number of hydrogen-bond acceptors (Lipinski definition) is 2. The van der Waals surface area contributed by atoms with Gasteiger partial charge in [0.05, 0.1) is 11.0 Å². The highest BCUT2D eigenvalue weighted by atomic mass is 32.1. The minimum Gasteiger partial charge on any atom is -0.311 e. The Labute approximate surface area is 300 Å². The average Bonchev–Trinajstić information content (AvgIpc) is 3.75. The molecule has 3 heteroatoms. The number of anilines is 3. The first-order chi connectivity index (χ1) is 25.3. The van der Waals surface area contributed by atoms with Crippen LogP contribution in [0.4, 0.5) is 17.1 Å². The Bertz CT molecular complexity index is 2780. The van der Waals surface area contributed by atoms with Crippen molar-refractivity contribution in [2.24, 2.45) is 0 Å². The third-order valence-electron chi connectivity index (χ3n) is 9.99. The van der Waals surface area contributed by atoms with Crippen molar-refractivity contribution in [3.8, 4) is 27.9 Å². The van der Waals surface area contributed by atoms with Gasteiger partial charge in [0, 0.05) is 53.7 Å². The van der Waals surface area contributed by atoms with Crippen LogP contribution >= 0.6 is 11.3 Å². The highest BCUT2D eigenvalue weighted by molar-refractivity contribution is 7.26. The van der Waals surface area contributed by atoms with E-state index in [0.29, 0.717) is 0 Å². The number of thiophene rings is 1. The van der Waals surface area contributed by atoms with Crippen molar-refractivity contribution < 1.29 is 0 Å². The third kappa shape index (κ3) is 5.01. The molecule has 0 amide bonds. The minimum absolute atomic E-state index is 1.12. The molecule has 0 fully saturated rings. The van der Waals surface area contributed by atoms with Crippen LogP contribution in [-0.2, 0) is 0 Å². The van der Waals surface area contributed by atoms with Crippen LogP contribution in [0.5, 0.6) is 0 Å². The van der Waals surface area contributed by atoms with Gasteiger partial charge in [-0.05, 0) is 89.0 Å². The fraction of sp³-hybridized carbons (Fsp3) is 0. The van der Waals surface area contributed by atoms with Crippen molar-refractivity contribution in [2.75, 3.05) is 4.90 Å². The third-order valence-corrected chi connectivity index (χ3v) is 11.2. The van der Waals surface area contributed by atoms with Crippen molar-refractivity contribution in [2.45, 2.75) is 0 Å². The van der Waals surface area contributed by atoms with Crippen molar-refractivity contribution in [1.82, 2.24) is 4.57 Å². The summed E-state index contributed by atoms with van der Waals surface area (Å²) in [6.45, 7) is 0. The first-order valence-electron chi connectivity index (χ1n) is 17.4. The molecule has 10 rings (SSSR count). The molecule has 0 aliphatic heterocycles. The number of nitrogens with zero attached hydrogens (tertiary/aromatic N) is 2. The van der Waals surface area contributed by atoms with Gasteiger partial charge < -0.3 is 9.47 Å². The maximum absolute atomic E-state index is 2.45. The van der Waals surface area contributed by atoms with E-state index in [1.165, 1.54) is 64.2 Å². The Morgan fingerprint density at radius 3 is 1.59 bits per heavy atom. The van der Waals surface area contributed by atoms with Crippen LogP contribution in [0.2, 0.25) is 0 Å². The quantitative estimate of drug-likeness (QED) is 0.171. The predicted molar refractivity (Wildman–Crippen MR) is 219 cm³/mol. The second-order valence-corrected chi connectivity index (χ2v) is 14.0. The summed E-state index contributed by atoms with van der Waals surface area (Å²) in [4.78, 5) is 2.30. The van der Waals surface area contributed by atoms with Gasteiger partial charge in [-0.1, -0.05) is 127 Å². The summed E-state index contributed by atoms with van der Waals surface area (Å²) in [5.41, 5.74) is 11.8. The monoisotopic (exact) mass is 668 g/mol. The van der Waals surface area contributed by atoms with Crippen molar-refractivity contribution in [1.29, 1.82) is 0 Å². The molecule has 0 aliphatic rings. The minimum atomic E-state index is 1.12. The van der Waals surface area contributed by atoms with Crippen molar-refractivity contribution in [3.05, 3.63) is 194 Å². The standard InChI is InChI=1S/C48H32N2S/c1-4-12-33(13-5-1)36-24-29-43-45(32-36)50(44-31-30-42-41-18-10-11-19-46(41)51-48(42)47(43)44)40-27-22-35(23-28-40)34-20-25-39(26-21-34)49(37-14-6-2-7-15-37)38-16-8-3-9-17-38/h1-32H. The van der Waals surface area contributed by atoms with Gasteiger partial charge in [-0.25, -0.2) is 0 Å². The SMILES string of the molecule is c1ccc(-c2ccc3c4c5sc6ccccc6c5ccc4n(-c4ccc(-c5ccc(N(c6ccccc6)c6ccccc6)cc5)cc4)c3c2)cc1. The van der Waals surface area contributed by atoms with Crippen LogP contribution < -0.4 is 4.90 Å². The molecule has 2 nitrogen and oxygen atoms in total. The topological polar surface area (TPSA) is 8.17 Å². The first kappa shape index (κ1) is 29.5. The molecule has 2 heterocycles. The van der Waals surface area contributed by atoms with E-state index >= 15 is 0 Å². The van der Waals surface area contributed by atoms with Gasteiger partial charge in [-0.15, -0.1) is 11.3 Å². The molecule has 0 atom stereocenters. The highest BCUT2D eigenvalue weighted by Crippen LogP contribution is 2.44. The van der Waals surface area contributed by atoms with Crippen LogP contribution in [-0.4, -0.2) is 4.57 Å². The molecule has 2 aromatic heterocycles. The first-order valence-corrected chi connectivity index (χ1v) is 18.2. The molecule has 0 saturated carbocycles. The van der Waals surface area contributed by atoms with Crippen molar-refractivity contribution >= 4 is 70.4 Å². The number of rotatable bonds is 6. The van der Waals surface area contributed by atoms with Gasteiger partial charge in [0.2, 0.25) is 0 Å². The molecule has 0 unspecified atom stereocenters. The number of para-hydroxylation sites is 2. The maximum atomic E-state index is 2.45. The molecule has 0 radical (unpaired) electrons. The largest absolute Gasteiger partial charge is 0.311 e. The summed E-state index contributed by atoms with van der Waals surface area (Å²) < 4.78 is 5.13. The van der Waals surface area contributed by atoms with Gasteiger partial charge in [0.25, 0.3) is 0 Å². The molecular formula is C48H32N2S. The van der Waals surface area contributed by atoms with Crippen LogP contribution in [0, 0.1) is 0 Å². The zero-order valence-electron chi connectivity index (χ0n) is 27.8. The van der Waals surface area contributed by atoms with E-state index in [9.17, 15) is 0 Å². The molecule has 10 aromatic rings. The molecule has 0 spiro atoms. The lowest BCUT2D eigenvalue weighted by Gasteiger charge is -2.25. The number of benzene rings is 8. The van der Waals surface area contributed by atoms with E-state index in [0.717, 1.165) is 22.7 Å². The Morgan fingerprint density at radius 2 is 0.902 bits per heavy atom. The summed E-state index contributed by atoms with van der Waals surface area (Å²) in [6, 6.07) is 70.1. The predicted octanol–water partition coefficient (Wildman–Crippen LogP) is 14.0. The van der Waals surface area contributed by atoms with Crippen LogP contribution in [0.1, 0.15) is 0 Å². The molecule has 0 N–H and O–H groups in total. The molecule has 51 heavy (non-hydrogen) atoms. The smallest absolute Gasteiger partial charge is 0.0555 e. The Kier molecular flexibility index (Phi) is 7.04. The molecular weight excluding hydrogens is 637 g/mol. The molecule has 0 saturated heterocycles. The lowest BCUT2D eigenvalue weighted by atomic mass is 10.0. The number of hydrogen-bond donors (Lipinski definition) is 0. The van der Waals surface area contributed by atoms with Gasteiger partial charge in [0.15, 0.2) is 0 Å². The lowest BCUT2D eigenvalue weighted by molar-refractivity contribution is 1.18. The van der Waals surface area contributed by atoms with Gasteiger partial charge in [-0.2, -0.15) is 0 Å². The average molecular weight is 669 g/mol. The fourth-order valence-corrected chi connectivity index (χ4v) is 8.84. The van der Waals surface area contributed by atoms with E-state index in [4.69, 9.17) is 0 Å². The fourth-order valence-electron chi connectivity index (χ4n) is 7.58. The summed E-state index contributed by atoms with van der Waals surface area (Å²) in [5, 5.41) is 5.26. The Morgan fingerprint density at radius 1 is 0.373 bits per heavy atom. The van der Waals surface area contributed by atoms with Crippen LogP contribution in [0.25, 0.3) is 69.9 Å². The van der Waals surface area contributed by atoms with E-state index < -0.39 is 0 Å².